The largest absolute Gasteiger partial charge is 0.298 e. The van der Waals surface area contributed by atoms with E-state index in [-0.39, 0.29) is 0 Å². The van der Waals surface area contributed by atoms with Gasteiger partial charge in [-0.3, -0.25) is 5.43 Å². The first-order valence-electron chi connectivity index (χ1n) is 9.07. The van der Waals surface area contributed by atoms with Crippen LogP contribution in [-0.4, -0.2) is 16.8 Å². The Kier molecular flexibility index (Phi) is 6.93. The second-order valence-corrected chi connectivity index (χ2v) is 6.34. The van der Waals surface area contributed by atoms with E-state index in [2.05, 4.69) is 55.6 Å². The summed E-state index contributed by atoms with van der Waals surface area (Å²) in [4.78, 5) is 0. The van der Waals surface area contributed by atoms with Gasteiger partial charge in [0.1, 0.15) is 0 Å². The number of rotatable bonds is 9. The van der Waals surface area contributed by atoms with E-state index < -0.39 is 0 Å². The SMILES string of the molecule is CCCCCCCCN1NC(c2ccccc2C)=C(CC)N1N. The molecule has 128 valence electrons. The number of nitrogens with one attached hydrogen (secondary N) is 1. The van der Waals surface area contributed by atoms with E-state index >= 15 is 0 Å². The molecule has 4 nitrogen and oxygen atoms in total. The van der Waals surface area contributed by atoms with E-state index in [1.165, 1.54) is 49.7 Å². The summed E-state index contributed by atoms with van der Waals surface area (Å²) in [5.41, 5.74) is 8.34. The lowest BCUT2D eigenvalue weighted by Crippen LogP contribution is -2.47. The summed E-state index contributed by atoms with van der Waals surface area (Å²) in [7, 11) is 0. The number of hydrogen-bond acceptors (Lipinski definition) is 4. The van der Waals surface area contributed by atoms with Crippen molar-refractivity contribution in [2.24, 2.45) is 5.84 Å². The summed E-state index contributed by atoms with van der Waals surface area (Å²) in [5.74, 6) is 6.31. The van der Waals surface area contributed by atoms with Gasteiger partial charge in [-0.25, -0.2) is 11.0 Å². The van der Waals surface area contributed by atoms with Gasteiger partial charge in [0.05, 0.1) is 11.4 Å². The second-order valence-electron chi connectivity index (χ2n) is 6.34. The molecule has 0 saturated heterocycles. The monoisotopic (exact) mass is 316 g/mol. The molecule has 1 heterocycles. The van der Waals surface area contributed by atoms with Crippen LogP contribution >= 0.6 is 0 Å². The number of nitrogens with zero attached hydrogens (tertiary/aromatic N) is 2. The van der Waals surface area contributed by atoms with Crippen LogP contribution < -0.4 is 11.3 Å². The van der Waals surface area contributed by atoms with Crippen molar-refractivity contribution < 1.29 is 0 Å². The molecule has 0 atom stereocenters. The number of aryl methyl sites for hydroxylation is 1. The standard InChI is InChI=1S/C19H32N4/c1-4-6-7-8-9-12-15-22-21-19(18(5-2)23(22)20)17-14-11-10-13-16(17)3/h10-11,13-14,21H,4-9,12,15,20H2,1-3H3. The third-order valence-electron chi connectivity index (χ3n) is 4.54. The molecule has 0 fully saturated rings. The highest BCUT2D eigenvalue weighted by atomic mass is 15.9. The molecule has 3 N–H and O–H groups in total. The van der Waals surface area contributed by atoms with Gasteiger partial charge < -0.3 is 0 Å². The third-order valence-corrected chi connectivity index (χ3v) is 4.54. The average Bonchev–Trinajstić information content (AvgIpc) is 2.87. The first-order chi connectivity index (χ1) is 11.2. The minimum atomic E-state index is 0.917. The number of allylic oxidation sites excluding steroid dienone is 1. The number of unbranched alkanes of at least 4 members (excludes halogenated alkanes) is 5. The Morgan fingerprint density at radius 1 is 1.00 bits per heavy atom. The Morgan fingerprint density at radius 3 is 2.39 bits per heavy atom. The minimum Gasteiger partial charge on any atom is -0.298 e. The van der Waals surface area contributed by atoms with Crippen molar-refractivity contribution >= 4 is 5.70 Å². The van der Waals surface area contributed by atoms with E-state index in [4.69, 9.17) is 5.84 Å². The number of nitrogens with two attached hydrogens (primary N) is 1. The normalized spacial score (nSPS) is 15.4. The van der Waals surface area contributed by atoms with Gasteiger partial charge in [0.25, 0.3) is 0 Å². The molecule has 4 heteroatoms. The van der Waals surface area contributed by atoms with Crippen LogP contribution in [0.2, 0.25) is 0 Å². The summed E-state index contributed by atoms with van der Waals surface area (Å²) in [6, 6.07) is 8.47. The van der Waals surface area contributed by atoms with E-state index in [1.807, 2.05) is 0 Å². The smallest absolute Gasteiger partial charge is 0.0806 e. The van der Waals surface area contributed by atoms with Crippen molar-refractivity contribution in [1.29, 1.82) is 0 Å². The van der Waals surface area contributed by atoms with Crippen LogP contribution in [0.1, 0.15) is 69.9 Å². The van der Waals surface area contributed by atoms with Crippen LogP contribution in [0.15, 0.2) is 30.0 Å². The Balaban J connectivity index is 1.94. The Bertz CT molecular complexity index is 524. The molecule has 0 spiro atoms. The highest BCUT2D eigenvalue weighted by Crippen LogP contribution is 2.28. The molecule has 0 unspecified atom stereocenters. The van der Waals surface area contributed by atoms with Gasteiger partial charge >= 0.3 is 0 Å². The van der Waals surface area contributed by atoms with Gasteiger partial charge in [0.15, 0.2) is 0 Å². The van der Waals surface area contributed by atoms with Crippen LogP contribution in [0.4, 0.5) is 0 Å². The van der Waals surface area contributed by atoms with Gasteiger partial charge in [-0.05, 0) is 25.3 Å². The molecule has 0 aromatic heterocycles. The van der Waals surface area contributed by atoms with Gasteiger partial charge in [0.2, 0.25) is 0 Å². The van der Waals surface area contributed by atoms with E-state index in [0.717, 1.165) is 24.4 Å². The summed E-state index contributed by atoms with van der Waals surface area (Å²) < 4.78 is 0. The quantitative estimate of drug-likeness (QED) is 0.525. The molecule has 0 radical (unpaired) electrons. The zero-order valence-corrected chi connectivity index (χ0v) is 14.9. The maximum absolute atomic E-state index is 6.31. The summed E-state index contributed by atoms with van der Waals surface area (Å²) in [5, 5.41) is 3.86. The molecule has 1 aromatic rings. The fraction of sp³-hybridized carbons (Fsp3) is 0.579. The summed E-state index contributed by atoms with van der Waals surface area (Å²) >= 11 is 0. The first kappa shape index (κ1) is 17.8. The Morgan fingerprint density at radius 2 is 1.70 bits per heavy atom. The molecule has 1 aliphatic rings. The maximum Gasteiger partial charge on any atom is 0.0806 e. The lowest BCUT2D eigenvalue weighted by atomic mass is 10.0. The molecular weight excluding hydrogens is 284 g/mol. The van der Waals surface area contributed by atoms with Crippen LogP contribution in [0.5, 0.6) is 0 Å². The first-order valence-corrected chi connectivity index (χ1v) is 9.07. The minimum absolute atomic E-state index is 0.917. The van der Waals surface area contributed by atoms with E-state index in [0.29, 0.717) is 0 Å². The van der Waals surface area contributed by atoms with Crippen LogP contribution in [0, 0.1) is 6.92 Å². The maximum atomic E-state index is 6.31. The molecule has 0 bridgehead atoms. The van der Waals surface area contributed by atoms with Gasteiger partial charge in [-0.15, -0.1) is 5.12 Å². The fourth-order valence-corrected chi connectivity index (χ4v) is 3.12. The highest BCUT2D eigenvalue weighted by molar-refractivity contribution is 5.69. The molecule has 1 aromatic carbocycles. The zero-order valence-electron chi connectivity index (χ0n) is 14.9. The lowest BCUT2D eigenvalue weighted by molar-refractivity contribution is -0.00629. The van der Waals surface area contributed by atoms with Gasteiger partial charge in [-0.1, -0.05) is 70.2 Å². The Hall–Kier alpha value is -1.52. The molecule has 2 rings (SSSR count). The number of hydrogen-bond donors (Lipinski definition) is 2. The molecule has 0 aliphatic carbocycles. The van der Waals surface area contributed by atoms with Crippen LogP contribution in [0.3, 0.4) is 0 Å². The molecule has 23 heavy (non-hydrogen) atoms. The van der Waals surface area contributed by atoms with Crippen LogP contribution in [-0.2, 0) is 0 Å². The summed E-state index contributed by atoms with van der Waals surface area (Å²) in [6.45, 7) is 7.50. The third kappa shape index (κ3) is 4.49. The second kappa shape index (κ2) is 8.94. The predicted octanol–water partition coefficient (Wildman–Crippen LogP) is 4.35. The molecule has 1 aliphatic heterocycles. The van der Waals surface area contributed by atoms with Crippen molar-refractivity contribution in [3.8, 4) is 0 Å². The van der Waals surface area contributed by atoms with Crippen LogP contribution in [0.25, 0.3) is 5.70 Å². The van der Waals surface area contributed by atoms with Crippen molar-refractivity contribution in [3.63, 3.8) is 0 Å². The lowest BCUT2D eigenvalue weighted by Gasteiger charge is -2.26. The molecule has 0 saturated carbocycles. The molecule has 0 amide bonds. The van der Waals surface area contributed by atoms with E-state index in [1.54, 1.807) is 5.12 Å². The van der Waals surface area contributed by atoms with Crippen molar-refractivity contribution in [1.82, 2.24) is 15.7 Å². The average molecular weight is 316 g/mol. The fourth-order valence-electron chi connectivity index (χ4n) is 3.12. The number of hydrazine groups is 3. The van der Waals surface area contributed by atoms with E-state index in [9.17, 15) is 0 Å². The Labute approximate surface area is 141 Å². The zero-order chi connectivity index (χ0) is 16.7. The highest BCUT2D eigenvalue weighted by Gasteiger charge is 2.27. The summed E-state index contributed by atoms with van der Waals surface area (Å²) in [6.07, 6.45) is 8.68. The van der Waals surface area contributed by atoms with Crippen molar-refractivity contribution in [2.45, 2.75) is 65.7 Å². The van der Waals surface area contributed by atoms with Gasteiger partial charge in [-0.2, -0.15) is 0 Å². The van der Waals surface area contributed by atoms with Crippen molar-refractivity contribution in [3.05, 3.63) is 41.1 Å². The number of benzene rings is 1. The van der Waals surface area contributed by atoms with Crippen molar-refractivity contribution in [2.75, 3.05) is 6.54 Å². The predicted molar refractivity (Wildman–Crippen MR) is 97.6 cm³/mol. The molecular formula is C19H32N4. The van der Waals surface area contributed by atoms with Gasteiger partial charge in [0, 0.05) is 12.1 Å². The topological polar surface area (TPSA) is 44.5 Å².